The molecule has 0 amide bonds. The van der Waals surface area contributed by atoms with E-state index in [-0.39, 0.29) is 31.7 Å². The van der Waals surface area contributed by atoms with Gasteiger partial charge in [-0.3, -0.25) is 0 Å². The van der Waals surface area contributed by atoms with Gasteiger partial charge in [0.15, 0.2) is 0 Å². The molecule has 0 aliphatic rings. The van der Waals surface area contributed by atoms with Gasteiger partial charge in [0.05, 0.1) is 5.56 Å². The molecule has 0 fully saturated rings. The number of phenolic OH excluding ortho intramolecular Hbond substituents is 1. The van der Waals surface area contributed by atoms with Gasteiger partial charge < -0.3 is 14.7 Å². The third-order valence-corrected chi connectivity index (χ3v) is 6.09. The summed E-state index contributed by atoms with van der Waals surface area (Å²) in [4.78, 5) is 8.74. The number of phenols is 1. The van der Waals surface area contributed by atoms with Crippen LogP contribution in [0.25, 0.3) is 44.2 Å². The summed E-state index contributed by atoms with van der Waals surface area (Å²) in [5.74, 6) is 0.838. The normalized spacial score (nSPS) is 10.6. The van der Waals surface area contributed by atoms with E-state index < -0.39 is 0 Å². The van der Waals surface area contributed by atoms with Crippen molar-refractivity contribution in [1.82, 2.24) is 14.5 Å². The van der Waals surface area contributed by atoms with E-state index in [0.29, 0.717) is 5.39 Å². The number of pyridine rings is 1. The fraction of sp³-hybridized carbons (Fsp3) is 0.0968. The monoisotopic (exact) mass is 667 g/mol. The van der Waals surface area contributed by atoms with E-state index in [4.69, 9.17) is 0 Å². The van der Waals surface area contributed by atoms with Crippen LogP contribution in [0.5, 0.6) is 5.75 Å². The zero-order chi connectivity index (χ0) is 25.2. The van der Waals surface area contributed by atoms with E-state index in [1.165, 1.54) is 5.56 Å². The van der Waals surface area contributed by atoms with Crippen LogP contribution >= 0.6 is 0 Å². The number of aryl methyl sites for hydroxylation is 3. The van der Waals surface area contributed by atoms with Gasteiger partial charge in [-0.05, 0) is 46.1 Å². The molecule has 0 saturated heterocycles. The van der Waals surface area contributed by atoms with Gasteiger partial charge >= 0.3 is 0 Å². The quantitative estimate of drug-likeness (QED) is 0.155. The SMILES string of the molecule is Cc1[c-]c(-c2nccc3cc(F)c4ccccc4c23)cc(C)c1.Cn1ccnc1-c1ccccc1O.[Ir]. The average molecular weight is 667 g/mol. The van der Waals surface area contributed by atoms with Crippen molar-refractivity contribution >= 4 is 21.5 Å². The molecule has 1 N–H and O–H groups in total. The molecule has 2 heterocycles. The van der Waals surface area contributed by atoms with Gasteiger partial charge in [-0.15, -0.1) is 34.9 Å². The Labute approximate surface area is 228 Å². The number of benzene rings is 4. The number of para-hydroxylation sites is 1. The maximum absolute atomic E-state index is 14.4. The molecule has 6 heteroatoms. The van der Waals surface area contributed by atoms with Crippen molar-refractivity contribution in [1.29, 1.82) is 0 Å². The molecule has 0 saturated carbocycles. The van der Waals surface area contributed by atoms with Gasteiger partial charge in [0.2, 0.25) is 0 Å². The molecule has 4 nitrogen and oxygen atoms in total. The molecule has 0 aliphatic carbocycles. The smallest absolute Gasteiger partial charge is 0.143 e. The Kier molecular flexibility index (Phi) is 7.82. The Morgan fingerprint density at radius 2 is 1.59 bits per heavy atom. The Hall–Kier alpha value is -3.86. The number of fused-ring (bicyclic) bond motifs is 3. The number of hydrogen-bond acceptors (Lipinski definition) is 3. The van der Waals surface area contributed by atoms with Crippen molar-refractivity contribution in [2.75, 3.05) is 0 Å². The van der Waals surface area contributed by atoms with Gasteiger partial charge in [-0.25, -0.2) is 9.37 Å². The molecule has 6 rings (SSSR count). The summed E-state index contributed by atoms with van der Waals surface area (Å²) in [6.07, 6.45) is 5.29. The first-order valence-electron chi connectivity index (χ1n) is 11.6. The summed E-state index contributed by atoms with van der Waals surface area (Å²) < 4.78 is 16.2. The minimum absolute atomic E-state index is 0. The number of imidazole rings is 1. The molecule has 0 atom stereocenters. The van der Waals surface area contributed by atoms with Crippen molar-refractivity contribution in [3.05, 3.63) is 114 Å². The minimum Gasteiger partial charge on any atom is -0.507 e. The van der Waals surface area contributed by atoms with E-state index in [1.54, 1.807) is 30.6 Å². The van der Waals surface area contributed by atoms with Gasteiger partial charge in [0.25, 0.3) is 0 Å². The standard InChI is InChI=1S/C21H15FN.C10H10N2O.Ir/c1-13-9-14(2)11-16(10-13)21-20-15(7-8-23-21)12-19(22)17-5-3-4-6-18(17)20;1-12-7-6-11-10(12)8-4-2-3-5-9(8)13;/h3-10,12H,1-2H3;2-7,13H,1H3;/q-1;;. The van der Waals surface area contributed by atoms with Gasteiger partial charge in [0.1, 0.15) is 17.4 Å². The Morgan fingerprint density at radius 3 is 2.30 bits per heavy atom. The second-order valence-corrected chi connectivity index (χ2v) is 8.79. The number of hydrogen-bond donors (Lipinski definition) is 1. The first-order chi connectivity index (χ1) is 17.4. The van der Waals surface area contributed by atoms with Crippen LogP contribution < -0.4 is 0 Å². The fourth-order valence-corrected chi connectivity index (χ4v) is 4.52. The van der Waals surface area contributed by atoms with E-state index in [0.717, 1.165) is 44.4 Å². The zero-order valence-electron chi connectivity index (χ0n) is 20.7. The van der Waals surface area contributed by atoms with Gasteiger partial charge in [-0.2, -0.15) is 0 Å². The molecule has 187 valence electrons. The Morgan fingerprint density at radius 1 is 0.865 bits per heavy atom. The molecular formula is C31H25FIrN3O-. The van der Waals surface area contributed by atoms with E-state index in [2.05, 4.69) is 35.1 Å². The minimum atomic E-state index is -0.199. The Bertz CT molecular complexity index is 1690. The topological polar surface area (TPSA) is 50.9 Å². The summed E-state index contributed by atoms with van der Waals surface area (Å²) in [7, 11) is 1.90. The van der Waals surface area contributed by atoms with Crippen LogP contribution in [0.3, 0.4) is 0 Å². The van der Waals surface area contributed by atoms with Crippen LogP contribution in [0, 0.1) is 25.7 Å². The molecule has 4 aromatic carbocycles. The molecule has 0 bridgehead atoms. The predicted molar refractivity (Wildman–Crippen MR) is 143 cm³/mol. The largest absolute Gasteiger partial charge is 0.507 e. The Balaban J connectivity index is 0.000000195. The van der Waals surface area contributed by atoms with E-state index in [9.17, 15) is 9.50 Å². The number of aromatic nitrogens is 3. The van der Waals surface area contributed by atoms with Crippen molar-refractivity contribution in [3.63, 3.8) is 0 Å². The summed E-state index contributed by atoms with van der Waals surface area (Å²) in [6.45, 7) is 4.09. The number of rotatable bonds is 2. The maximum Gasteiger partial charge on any atom is 0.143 e. The van der Waals surface area contributed by atoms with E-state index in [1.807, 2.05) is 67.2 Å². The molecule has 0 unspecified atom stereocenters. The summed E-state index contributed by atoms with van der Waals surface area (Å²) in [6, 6.07) is 25.7. The fourth-order valence-electron chi connectivity index (χ4n) is 4.52. The molecule has 0 spiro atoms. The van der Waals surface area contributed by atoms with Gasteiger partial charge in [-0.1, -0.05) is 50.2 Å². The molecule has 2 aromatic heterocycles. The third kappa shape index (κ3) is 5.31. The van der Waals surface area contributed by atoms with Crippen molar-refractivity contribution in [2.45, 2.75) is 13.8 Å². The first-order valence-corrected chi connectivity index (χ1v) is 11.6. The van der Waals surface area contributed by atoms with Crippen LogP contribution in [0.4, 0.5) is 4.39 Å². The van der Waals surface area contributed by atoms with Crippen molar-refractivity contribution in [3.8, 4) is 28.4 Å². The van der Waals surface area contributed by atoms with Crippen LogP contribution in [-0.2, 0) is 27.2 Å². The van der Waals surface area contributed by atoms with Crippen molar-refractivity contribution < 1.29 is 29.6 Å². The number of halogens is 1. The van der Waals surface area contributed by atoms with Crippen molar-refractivity contribution in [2.24, 2.45) is 7.05 Å². The molecule has 37 heavy (non-hydrogen) atoms. The summed E-state index contributed by atoms with van der Waals surface area (Å²) in [5, 5.41) is 12.9. The van der Waals surface area contributed by atoms with Crippen LogP contribution in [-0.4, -0.2) is 19.6 Å². The van der Waals surface area contributed by atoms with E-state index >= 15 is 0 Å². The number of aromatic hydroxyl groups is 1. The zero-order valence-corrected chi connectivity index (χ0v) is 23.1. The first kappa shape index (κ1) is 26.2. The van der Waals surface area contributed by atoms with Gasteiger partial charge in [0, 0.05) is 51.1 Å². The predicted octanol–water partition coefficient (Wildman–Crippen LogP) is 7.40. The average Bonchev–Trinajstić information content (AvgIpc) is 3.29. The molecule has 1 radical (unpaired) electrons. The third-order valence-electron chi connectivity index (χ3n) is 6.09. The second kappa shape index (κ2) is 11.0. The summed E-state index contributed by atoms with van der Waals surface area (Å²) in [5.41, 5.74) is 4.80. The van der Waals surface area contributed by atoms with Crippen LogP contribution in [0.2, 0.25) is 0 Å². The summed E-state index contributed by atoms with van der Waals surface area (Å²) >= 11 is 0. The van der Waals surface area contributed by atoms with Crippen LogP contribution in [0.1, 0.15) is 11.1 Å². The molecule has 0 aliphatic heterocycles. The second-order valence-electron chi connectivity index (χ2n) is 8.79. The maximum atomic E-state index is 14.4. The molecular weight excluding hydrogens is 642 g/mol. The molecule has 6 aromatic rings. The van der Waals surface area contributed by atoms with Crippen LogP contribution in [0.15, 0.2) is 91.4 Å². The number of nitrogens with zero attached hydrogens (tertiary/aromatic N) is 3.